The zero-order chi connectivity index (χ0) is 23.6. The fraction of sp³-hybridized carbons (Fsp3) is 0. The van der Waals surface area contributed by atoms with E-state index in [1.165, 1.54) is 18.2 Å². The molecule has 1 amide bonds. The highest BCUT2D eigenvalue weighted by molar-refractivity contribution is 7.92. The number of hydrogen-bond acceptors (Lipinski definition) is 6. The van der Waals surface area contributed by atoms with E-state index < -0.39 is 31.4 Å². The minimum atomic E-state index is -4.36. The summed E-state index contributed by atoms with van der Waals surface area (Å²) in [5.41, 5.74) is -0.882. The molecule has 0 spiro atoms. The summed E-state index contributed by atoms with van der Waals surface area (Å²) in [7, 11) is -4.36. The number of phenolic OH excluding ortho intramolecular Hbond substituents is 1. The number of halogens is 3. The zero-order valence-corrected chi connectivity index (χ0v) is 18.8. The maximum absolute atomic E-state index is 12.8. The van der Waals surface area contributed by atoms with Crippen molar-refractivity contribution < 1.29 is 23.2 Å². The lowest BCUT2D eigenvalue weighted by Gasteiger charge is -2.14. The van der Waals surface area contributed by atoms with Crippen LogP contribution in [0.25, 0.3) is 0 Å². The Balaban J connectivity index is 1.97. The summed E-state index contributed by atoms with van der Waals surface area (Å²) in [4.78, 5) is 22.6. The third-order valence-corrected chi connectivity index (χ3v) is 6.34. The third kappa shape index (κ3) is 5.22. The van der Waals surface area contributed by atoms with Crippen LogP contribution in [-0.4, -0.2) is 24.4 Å². The monoisotopic (exact) mass is 515 g/mol. The minimum Gasteiger partial charge on any atom is -0.508 e. The standard InChI is InChI=1S/C19H12Cl3N3O6S/c20-10-1-4-14(21)17(7-10)23-19(27)13-8-11(26)2-6-16(13)24-32(30,31)12-3-5-15(22)18(9-12)25(28)29/h1-9,24,26H,(H,23,27). The van der Waals surface area contributed by atoms with E-state index in [2.05, 4.69) is 10.0 Å². The van der Waals surface area contributed by atoms with Crippen molar-refractivity contribution in [3.05, 3.63) is 85.3 Å². The molecular formula is C19H12Cl3N3O6S. The van der Waals surface area contributed by atoms with Crippen molar-refractivity contribution in [2.75, 3.05) is 10.0 Å². The molecule has 3 aromatic carbocycles. The highest BCUT2D eigenvalue weighted by Crippen LogP contribution is 2.31. The Morgan fingerprint density at radius 3 is 2.31 bits per heavy atom. The van der Waals surface area contributed by atoms with Crippen LogP contribution in [0.3, 0.4) is 0 Å². The van der Waals surface area contributed by atoms with E-state index in [1.807, 2.05) is 0 Å². The lowest BCUT2D eigenvalue weighted by Crippen LogP contribution is -2.19. The van der Waals surface area contributed by atoms with Crippen LogP contribution in [0.4, 0.5) is 17.1 Å². The lowest BCUT2D eigenvalue weighted by molar-refractivity contribution is -0.384. The molecule has 0 saturated heterocycles. The maximum Gasteiger partial charge on any atom is 0.289 e. The molecule has 0 bridgehead atoms. The number of nitrogens with zero attached hydrogens (tertiary/aromatic N) is 1. The number of hydrogen-bond donors (Lipinski definition) is 3. The molecule has 166 valence electrons. The fourth-order valence-electron chi connectivity index (χ4n) is 2.60. The molecule has 3 N–H and O–H groups in total. The van der Waals surface area contributed by atoms with Gasteiger partial charge in [0.25, 0.3) is 21.6 Å². The van der Waals surface area contributed by atoms with E-state index in [-0.39, 0.29) is 32.7 Å². The predicted octanol–water partition coefficient (Wildman–Crippen LogP) is 5.31. The number of anilines is 2. The van der Waals surface area contributed by atoms with E-state index in [0.29, 0.717) is 5.02 Å². The largest absolute Gasteiger partial charge is 0.508 e. The highest BCUT2D eigenvalue weighted by atomic mass is 35.5. The summed E-state index contributed by atoms with van der Waals surface area (Å²) in [6.07, 6.45) is 0. The van der Waals surface area contributed by atoms with Crippen LogP contribution in [0.5, 0.6) is 5.75 Å². The number of nitro benzene ring substituents is 1. The first-order valence-electron chi connectivity index (χ1n) is 8.54. The Kier molecular flexibility index (Phi) is 6.79. The van der Waals surface area contributed by atoms with Crippen LogP contribution in [0.2, 0.25) is 15.1 Å². The van der Waals surface area contributed by atoms with Crippen LogP contribution < -0.4 is 10.0 Å². The first kappa shape index (κ1) is 23.6. The lowest BCUT2D eigenvalue weighted by atomic mass is 10.1. The van der Waals surface area contributed by atoms with Gasteiger partial charge in [-0.1, -0.05) is 34.8 Å². The van der Waals surface area contributed by atoms with Crippen molar-refractivity contribution in [3.8, 4) is 5.75 Å². The van der Waals surface area contributed by atoms with E-state index in [4.69, 9.17) is 34.8 Å². The normalized spacial score (nSPS) is 11.1. The number of nitrogens with one attached hydrogen (secondary N) is 2. The van der Waals surface area contributed by atoms with Gasteiger partial charge in [-0.3, -0.25) is 19.6 Å². The molecule has 0 aliphatic carbocycles. The van der Waals surface area contributed by atoms with E-state index in [0.717, 1.165) is 36.4 Å². The molecule has 0 atom stereocenters. The van der Waals surface area contributed by atoms with Gasteiger partial charge < -0.3 is 10.4 Å². The molecule has 0 radical (unpaired) electrons. The number of sulfonamides is 1. The number of nitro groups is 1. The molecule has 0 fully saturated rings. The minimum absolute atomic E-state index is 0.162. The molecule has 0 unspecified atom stereocenters. The summed E-state index contributed by atoms with van der Waals surface area (Å²) in [6.45, 7) is 0. The predicted molar refractivity (Wildman–Crippen MR) is 121 cm³/mol. The SMILES string of the molecule is O=C(Nc1cc(Cl)ccc1Cl)c1cc(O)ccc1NS(=O)(=O)c1ccc(Cl)c([N+](=O)[O-])c1. The van der Waals surface area contributed by atoms with E-state index >= 15 is 0 Å². The maximum atomic E-state index is 12.8. The molecular weight excluding hydrogens is 505 g/mol. The van der Waals surface area contributed by atoms with Crippen LogP contribution in [0.15, 0.2) is 59.5 Å². The summed E-state index contributed by atoms with van der Waals surface area (Å²) < 4.78 is 27.8. The number of benzene rings is 3. The molecule has 3 rings (SSSR count). The van der Waals surface area contributed by atoms with Gasteiger partial charge in [0.05, 0.1) is 31.8 Å². The van der Waals surface area contributed by atoms with Gasteiger partial charge in [0.15, 0.2) is 0 Å². The Bertz CT molecular complexity index is 1350. The number of carbonyl (C=O) groups excluding carboxylic acids is 1. The second-order valence-electron chi connectivity index (χ2n) is 6.28. The molecule has 0 aliphatic heterocycles. The van der Waals surface area contributed by atoms with Crippen molar-refractivity contribution in [1.82, 2.24) is 0 Å². The summed E-state index contributed by atoms with van der Waals surface area (Å²) in [6, 6.07) is 10.6. The number of carbonyl (C=O) groups is 1. The Morgan fingerprint density at radius 1 is 0.938 bits per heavy atom. The summed E-state index contributed by atoms with van der Waals surface area (Å²) in [5.74, 6) is -1.11. The first-order valence-corrected chi connectivity index (χ1v) is 11.2. The van der Waals surface area contributed by atoms with Gasteiger partial charge >= 0.3 is 0 Å². The molecule has 0 aromatic heterocycles. The zero-order valence-electron chi connectivity index (χ0n) is 15.7. The second kappa shape index (κ2) is 9.21. The van der Waals surface area contributed by atoms with Crippen LogP contribution in [0.1, 0.15) is 10.4 Å². The number of amides is 1. The highest BCUT2D eigenvalue weighted by Gasteiger charge is 2.23. The van der Waals surface area contributed by atoms with Gasteiger partial charge in [0.2, 0.25) is 0 Å². The van der Waals surface area contributed by atoms with E-state index in [9.17, 15) is 28.4 Å². The number of phenols is 1. The average molecular weight is 517 g/mol. The van der Waals surface area contributed by atoms with Crippen molar-refractivity contribution in [2.24, 2.45) is 0 Å². The molecule has 0 saturated carbocycles. The molecule has 0 heterocycles. The van der Waals surface area contributed by atoms with Crippen molar-refractivity contribution >= 4 is 67.8 Å². The number of aromatic hydroxyl groups is 1. The molecule has 13 heteroatoms. The molecule has 9 nitrogen and oxygen atoms in total. The smallest absolute Gasteiger partial charge is 0.289 e. The number of rotatable bonds is 6. The average Bonchev–Trinajstić information content (AvgIpc) is 2.71. The van der Waals surface area contributed by atoms with Crippen molar-refractivity contribution in [3.63, 3.8) is 0 Å². The van der Waals surface area contributed by atoms with Crippen LogP contribution in [0, 0.1) is 10.1 Å². The summed E-state index contributed by atoms with van der Waals surface area (Å²) in [5, 5.41) is 23.6. The Labute approximate surface area is 196 Å². The van der Waals surface area contributed by atoms with Gasteiger partial charge in [-0.15, -0.1) is 0 Å². The van der Waals surface area contributed by atoms with Gasteiger partial charge in [0.1, 0.15) is 10.8 Å². The quantitative estimate of drug-likeness (QED) is 0.230. The Morgan fingerprint density at radius 2 is 1.62 bits per heavy atom. The van der Waals surface area contributed by atoms with Crippen molar-refractivity contribution in [1.29, 1.82) is 0 Å². The molecule has 0 aliphatic rings. The van der Waals surface area contributed by atoms with Gasteiger partial charge in [-0.2, -0.15) is 0 Å². The molecule has 3 aromatic rings. The topological polar surface area (TPSA) is 139 Å². The van der Waals surface area contributed by atoms with E-state index in [1.54, 1.807) is 0 Å². The molecule has 32 heavy (non-hydrogen) atoms. The first-order chi connectivity index (χ1) is 15.0. The van der Waals surface area contributed by atoms with Crippen LogP contribution in [-0.2, 0) is 10.0 Å². The van der Waals surface area contributed by atoms with Crippen molar-refractivity contribution in [2.45, 2.75) is 4.90 Å². The van der Waals surface area contributed by atoms with Crippen LogP contribution >= 0.6 is 34.8 Å². The third-order valence-electron chi connectivity index (χ3n) is 4.09. The second-order valence-corrected chi connectivity index (χ2v) is 9.22. The fourth-order valence-corrected chi connectivity index (χ4v) is 4.22. The van der Waals surface area contributed by atoms with Gasteiger partial charge in [-0.25, -0.2) is 8.42 Å². The van der Waals surface area contributed by atoms with Gasteiger partial charge in [0, 0.05) is 11.1 Å². The Hall–Kier alpha value is -3.05. The summed E-state index contributed by atoms with van der Waals surface area (Å²) >= 11 is 17.7. The van der Waals surface area contributed by atoms with Gasteiger partial charge in [-0.05, 0) is 48.5 Å².